The summed E-state index contributed by atoms with van der Waals surface area (Å²) < 4.78 is 2.63. The number of amides is 1. The van der Waals surface area contributed by atoms with Gasteiger partial charge in [-0.2, -0.15) is 0 Å². The summed E-state index contributed by atoms with van der Waals surface area (Å²) in [5, 5.41) is 11.8. The van der Waals surface area contributed by atoms with Crippen molar-refractivity contribution in [2.75, 3.05) is 5.32 Å². The van der Waals surface area contributed by atoms with Crippen LogP contribution in [0.1, 0.15) is 25.3 Å². The smallest absolute Gasteiger partial charge is 0.307 e. The zero-order valence-corrected chi connectivity index (χ0v) is 16.6. The third kappa shape index (κ3) is 4.99. The summed E-state index contributed by atoms with van der Waals surface area (Å²) >= 11 is 6.38. The van der Waals surface area contributed by atoms with Crippen molar-refractivity contribution in [3.8, 4) is 0 Å². The van der Waals surface area contributed by atoms with Gasteiger partial charge in [-0.15, -0.1) is 0 Å². The van der Waals surface area contributed by atoms with Gasteiger partial charge in [-0.1, -0.05) is 6.92 Å². The average Bonchev–Trinajstić information content (AvgIpc) is 2.30. The van der Waals surface area contributed by atoms with E-state index >= 15 is 0 Å². The van der Waals surface area contributed by atoms with E-state index in [0.717, 1.165) is 28.4 Å². The van der Waals surface area contributed by atoms with E-state index in [1.54, 1.807) is 0 Å². The first-order chi connectivity index (χ1) is 8.86. The van der Waals surface area contributed by atoms with Crippen LogP contribution in [0.4, 0.5) is 5.69 Å². The summed E-state index contributed by atoms with van der Waals surface area (Å²) in [7, 11) is 0. The van der Waals surface area contributed by atoms with Gasteiger partial charge in [0.25, 0.3) is 0 Å². The van der Waals surface area contributed by atoms with Crippen molar-refractivity contribution in [1.29, 1.82) is 0 Å². The maximum Gasteiger partial charge on any atom is 0.307 e. The first-order valence-electron chi connectivity index (χ1n) is 5.54. The Balaban J connectivity index is 3.17. The molecule has 1 rings (SSSR count). The van der Waals surface area contributed by atoms with Crippen LogP contribution < -0.4 is 5.32 Å². The van der Waals surface area contributed by atoms with Crippen molar-refractivity contribution in [1.82, 2.24) is 0 Å². The fourth-order valence-corrected chi connectivity index (χ4v) is 5.51. The van der Waals surface area contributed by atoms with Crippen LogP contribution in [0.15, 0.2) is 6.07 Å². The molecule has 0 spiro atoms. The van der Waals surface area contributed by atoms with Crippen LogP contribution in [0.3, 0.4) is 0 Å². The summed E-state index contributed by atoms with van der Waals surface area (Å²) in [6, 6.07) is 1.89. The van der Waals surface area contributed by atoms with Crippen molar-refractivity contribution in [2.24, 2.45) is 0 Å². The number of carboxylic acids is 1. The molecule has 1 amide bonds. The lowest BCUT2D eigenvalue weighted by molar-refractivity contribution is -0.136. The van der Waals surface area contributed by atoms with Crippen molar-refractivity contribution < 1.29 is 14.7 Å². The Bertz CT molecular complexity index is 517. The van der Waals surface area contributed by atoms with Crippen LogP contribution in [-0.4, -0.2) is 17.0 Å². The minimum Gasteiger partial charge on any atom is -0.481 e. The monoisotopic (exact) mass is 599 g/mol. The number of carboxylic acid groups (broad SMARTS) is 1. The lowest BCUT2D eigenvalue weighted by Gasteiger charge is -2.14. The third-order valence-electron chi connectivity index (χ3n) is 2.33. The number of hydrogen-bond acceptors (Lipinski definition) is 2. The number of carbonyl (C=O) groups excluding carboxylic acids is 1. The fourth-order valence-electron chi connectivity index (χ4n) is 1.49. The van der Waals surface area contributed by atoms with E-state index in [1.807, 2.05) is 13.0 Å². The molecule has 0 saturated carbocycles. The Kier molecular flexibility index (Phi) is 7.29. The number of carbonyl (C=O) groups is 2. The zero-order valence-electron chi connectivity index (χ0n) is 10.1. The Morgan fingerprint density at radius 2 is 1.89 bits per heavy atom. The largest absolute Gasteiger partial charge is 0.481 e. The molecule has 0 saturated heterocycles. The van der Waals surface area contributed by atoms with Crippen molar-refractivity contribution in [3.05, 3.63) is 22.3 Å². The molecule has 104 valence electrons. The second kappa shape index (κ2) is 7.96. The van der Waals surface area contributed by atoms with Crippen LogP contribution >= 0.6 is 67.8 Å². The summed E-state index contributed by atoms with van der Waals surface area (Å²) in [4.78, 5) is 22.6. The van der Waals surface area contributed by atoms with Gasteiger partial charge >= 0.3 is 5.97 Å². The second-order valence-electron chi connectivity index (χ2n) is 3.88. The van der Waals surface area contributed by atoms with Gasteiger partial charge in [0.05, 0.1) is 12.1 Å². The van der Waals surface area contributed by atoms with Crippen LogP contribution in [0.2, 0.25) is 0 Å². The molecule has 19 heavy (non-hydrogen) atoms. The highest BCUT2D eigenvalue weighted by Gasteiger charge is 2.17. The lowest BCUT2D eigenvalue weighted by atomic mass is 10.1. The summed E-state index contributed by atoms with van der Waals surface area (Å²) in [5.41, 5.74) is 1.47. The highest BCUT2D eigenvalue weighted by atomic mass is 127. The highest BCUT2D eigenvalue weighted by Crippen LogP contribution is 2.32. The van der Waals surface area contributed by atoms with E-state index in [1.165, 1.54) is 0 Å². The fraction of sp³-hybridized carbons (Fsp3) is 0.333. The summed E-state index contributed by atoms with van der Waals surface area (Å²) in [5.74, 6) is -0.913. The predicted molar refractivity (Wildman–Crippen MR) is 99.5 cm³/mol. The number of halogens is 3. The van der Waals surface area contributed by atoms with Gasteiger partial charge in [-0.05, 0) is 85.8 Å². The van der Waals surface area contributed by atoms with Crippen molar-refractivity contribution in [3.63, 3.8) is 0 Å². The molecule has 0 heterocycles. The minimum atomic E-state index is -0.872. The minimum absolute atomic E-state index is 0.0376. The molecule has 7 heteroatoms. The molecule has 0 aliphatic rings. The van der Waals surface area contributed by atoms with Gasteiger partial charge in [-0.25, -0.2) is 0 Å². The summed E-state index contributed by atoms with van der Waals surface area (Å²) in [6.07, 6.45) is 1.21. The van der Waals surface area contributed by atoms with E-state index in [2.05, 4.69) is 73.1 Å². The molecule has 1 aromatic rings. The maximum atomic E-state index is 11.7. The van der Waals surface area contributed by atoms with Crippen LogP contribution in [0.5, 0.6) is 0 Å². The molecule has 0 radical (unpaired) electrons. The molecule has 0 atom stereocenters. The normalized spacial score (nSPS) is 10.3. The molecule has 0 fully saturated rings. The van der Waals surface area contributed by atoms with E-state index in [4.69, 9.17) is 5.11 Å². The molecule has 0 unspecified atom stereocenters. The molecule has 2 N–H and O–H groups in total. The summed E-state index contributed by atoms with van der Waals surface area (Å²) in [6.45, 7) is 1.94. The van der Waals surface area contributed by atoms with E-state index in [9.17, 15) is 9.59 Å². The van der Waals surface area contributed by atoms with E-state index in [-0.39, 0.29) is 12.3 Å². The molecule has 0 aliphatic carbocycles. The topological polar surface area (TPSA) is 66.4 Å². The number of nitrogens with one attached hydrogen (secondary N) is 1. The Morgan fingerprint density at radius 1 is 1.26 bits per heavy atom. The first-order valence-corrected chi connectivity index (χ1v) is 8.78. The van der Waals surface area contributed by atoms with Gasteiger partial charge < -0.3 is 10.4 Å². The van der Waals surface area contributed by atoms with Crippen LogP contribution in [-0.2, 0) is 16.0 Å². The average molecular weight is 599 g/mol. The standard InChI is InChI=1S/C12H12I3NO3/c1-2-3-9(17)16-12-8(14)5-7(13)6(11(12)15)4-10(18)19/h5H,2-4H2,1H3,(H,16,17)(H,18,19). The molecule has 4 nitrogen and oxygen atoms in total. The van der Waals surface area contributed by atoms with Gasteiger partial charge in [0.1, 0.15) is 0 Å². The lowest BCUT2D eigenvalue weighted by Crippen LogP contribution is -2.15. The Morgan fingerprint density at radius 3 is 2.42 bits per heavy atom. The van der Waals surface area contributed by atoms with Gasteiger partial charge in [0.15, 0.2) is 0 Å². The number of aliphatic carboxylic acids is 1. The predicted octanol–water partition coefficient (Wildman–Crippen LogP) is 3.87. The number of hydrogen-bond donors (Lipinski definition) is 2. The van der Waals surface area contributed by atoms with Gasteiger partial charge in [0, 0.05) is 17.1 Å². The van der Waals surface area contributed by atoms with Crippen molar-refractivity contribution >= 4 is 85.3 Å². The Hall–Kier alpha value is 0.350. The maximum absolute atomic E-state index is 11.7. The van der Waals surface area contributed by atoms with E-state index in [0.29, 0.717) is 6.42 Å². The molecule has 0 bridgehead atoms. The zero-order chi connectivity index (χ0) is 14.6. The second-order valence-corrected chi connectivity index (χ2v) is 7.28. The van der Waals surface area contributed by atoms with Crippen LogP contribution in [0.25, 0.3) is 0 Å². The highest BCUT2D eigenvalue weighted by molar-refractivity contribution is 14.1. The van der Waals surface area contributed by atoms with E-state index < -0.39 is 5.97 Å². The molecule has 0 aliphatic heterocycles. The SMILES string of the molecule is CCCC(=O)Nc1c(I)cc(I)c(CC(=O)O)c1I. The number of anilines is 1. The quantitative estimate of drug-likeness (QED) is 0.506. The molecular weight excluding hydrogens is 587 g/mol. The van der Waals surface area contributed by atoms with Crippen molar-refractivity contribution in [2.45, 2.75) is 26.2 Å². The number of rotatable bonds is 5. The van der Waals surface area contributed by atoms with Crippen LogP contribution in [0, 0.1) is 10.7 Å². The third-order valence-corrected chi connectivity index (χ3v) is 5.34. The molecule has 0 aromatic heterocycles. The Labute approximate surface area is 152 Å². The first kappa shape index (κ1) is 17.4. The van der Waals surface area contributed by atoms with Gasteiger partial charge in [0.2, 0.25) is 5.91 Å². The number of benzene rings is 1. The molecule has 1 aromatic carbocycles. The van der Waals surface area contributed by atoms with Gasteiger partial charge in [-0.3, -0.25) is 9.59 Å². The molecular formula is C12H12I3NO3.